The van der Waals surface area contributed by atoms with E-state index in [1.54, 1.807) is 0 Å². The monoisotopic (exact) mass is 215 g/mol. The van der Waals surface area contributed by atoms with Gasteiger partial charge in [-0.05, 0) is 44.6 Å². The molecular weight excluding hydrogens is 198 g/mol. The fourth-order valence-corrected chi connectivity index (χ4v) is 2.62. The van der Waals surface area contributed by atoms with Gasteiger partial charge in [0.1, 0.15) is 5.65 Å². The normalized spacial score (nSPS) is 21.9. The average Bonchev–Trinajstić information content (AvgIpc) is 2.85. The second-order valence-corrected chi connectivity index (χ2v) is 4.72. The number of aromatic nitrogens is 2. The van der Waals surface area contributed by atoms with E-state index in [1.165, 1.54) is 30.5 Å². The van der Waals surface area contributed by atoms with E-state index in [1.807, 2.05) is 12.3 Å². The standard InChI is InChI=1S/C13H17N3/c1-16-7-3-5-12(16)9-11-8-10-4-2-6-14-13(10)15-11/h2,4,6,8,12H,3,5,7,9H2,1H3,(H,14,15). The smallest absolute Gasteiger partial charge is 0.137 e. The van der Waals surface area contributed by atoms with Crippen LogP contribution in [0.5, 0.6) is 0 Å². The topological polar surface area (TPSA) is 31.9 Å². The van der Waals surface area contributed by atoms with Crippen molar-refractivity contribution in [2.75, 3.05) is 13.6 Å². The Morgan fingerprint density at radius 3 is 3.25 bits per heavy atom. The number of likely N-dealkylation sites (N-methyl/N-ethyl adjacent to an activating group) is 1. The number of fused-ring (bicyclic) bond motifs is 1. The zero-order valence-electron chi connectivity index (χ0n) is 9.61. The molecule has 0 bridgehead atoms. The number of rotatable bonds is 2. The number of aromatic amines is 1. The predicted molar refractivity (Wildman–Crippen MR) is 65.4 cm³/mol. The largest absolute Gasteiger partial charge is 0.343 e. The molecule has 2 aromatic rings. The van der Waals surface area contributed by atoms with Gasteiger partial charge < -0.3 is 9.88 Å². The molecule has 1 saturated heterocycles. The van der Waals surface area contributed by atoms with Gasteiger partial charge >= 0.3 is 0 Å². The van der Waals surface area contributed by atoms with Crippen molar-refractivity contribution < 1.29 is 0 Å². The summed E-state index contributed by atoms with van der Waals surface area (Å²) < 4.78 is 0. The number of nitrogens with one attached hydrogen (secondary N) is 1. The Morgan fingerprint density at radius 2 is 2.50 bits per heavy atom. The molecule has 1 fully saturated rings. The molecule has 3 rings (SSSR count). The molecule has 0 amide bonds. The quantitative estimate of drug-likeness (QED) is 0.832. The van der Waals surface area contributed by atoms with Crippen LogP contribution in [-0.2, 0) is 6.42 Å². The summed E-state index contributed by atoms with van der Waals surface area (Å²) in [5.41, 5.74) is 2.32. The molecule has 0 saturated carbocycles. The van der Waals surface area contributed by atoms with Gasteiger partial charge in [-0.15, -0.1) is 0 Å². The molecule has 0 aliphatic carbocycles. The highest BCUT2D eigenvalue weighted by molar-refractivity contribution is 5.76. The number of H-pyrrole nitrogens is 1. The molecule has 1 unspecified atom stereocenters. The van der Waals surface area contributed by atoms with Crippen LogP contribution < -0.4 is 0 Å². The van der Waals surface area contributed by atoms with Crippen LogP contribution >= 0.6 is 0 Å². The fourth-order valence-electron chi connectivity index (χ4n) is 2.62. The average molecular weight is 215 g/mol. The number of pyridine rings is 1. The number of hydrogen-bond donors (Lipinski definition) is 1. The van der Waals surface area contributed by atoms with Crippen LogP contribution in [0.3, 0.4) is 0 Å². The van der Waals surface area contributed by atoms with E-state index in [9.17, 15) is 0 Å². The summed E-state index contributed by atoms with van der Waals surface area (Å²) in [5.74, 6) is 0. The Labute approximate surface area is 95.5 Å². The van der Waals surface area contributed by atoms with Gasteiger partial charge in [-0.1, -0.05) is 0 Å². The van der Waals surface area contributed by atoms with Crippen LogP contribution in [0, 0.1) is 0 Å². The van der Waals surface area contributed by atoms with E-state index in [4.69, 9.17) is 0 Å². The molecule has 1 aliphatic heterocycles. The van der Waals surface area contributed by atoms with E-state index >= 15 is 0 Å². The summed E-state index contributed by atoms with van der Waals surface area (Å²) in [4.78, 5) is 10.2. The summed E-state index contributed by atoms with van der Waals surface area (Å²) in [6.45, 7) is 1.24. The Hall–Kier alpha value is -1.35. The first-order valence-electron chi connectivity index (χ1n) is 5.96. The molecule has 3 heterocycles. The predicted octanol–water partition coefficient (Wildman–Crippen LogP) is 2.20. The van der Waals surface area contributed by atoms with Crippen molar-refractivity contribution in [3.8, 4) is 0 Å². The summed E-state index contributed by atoms with van der Waals surface area (Å²) in [6.07, 6.45) is 5.61. The van der Waals surface area contributed by atoms with E-state index in [0.29, 0.717) is 6.04 Å². The molecule has 84 valence electrons. The lowest BCUT2D eigenvalue weighted by atomic mass is 10.1. The van der Waals surface area contributed by atoms with Gasteiger partial charge in [-0.25, -0.2) is 4.98 Å². The van der Waals surface area contributed by atoms with Gasteiger partial charge in [0.2, 0.25) is 0 Å². The highest BCUT2D eigenvalue weighted by Gasteiger charge is 2.21. The highest BCUT2D eigenvalue weighted by atomic mass is 15.1. The molecule has 0 aromatic carbocycles. The lowest BCUT2D eigenvalue weighted by Crippen LogP contribution is -2.26. The van der Waals surface area contributed by atoms with Crippen molar-refractivity contribution in [3.63, 3.8) is 0 Å². The zero-order chi connectivity index (χ0) is 11.0. The third-order valence-electron chi connectivity index (χ3n) is 3.57. The van der Waals surface area contributed by atoms with Crippen LogP contribution in [0.25, 0.3) is 11.0 Å². The first kappa shape index (κ1) is 9.85. The van der Waals surface area contributed by atoms with Crippen molar-refractivity contribution in [2.45, 2.75) is 25.3 Å². The lowest BCUT2D eigenvalue weighted by molar-refractivity contribution is 0.308. The maximum Gasteiger partial charge on any atom is 0.137 e. The Kier molecular flexibility index (Phi) is 2.40. The first-order valence-corrected chi connectivity index (χ1v) is 5.96. The van der Waals surface area contributed by atoms with E-state index in [0.717, 1.165) is 12.1 Å². The van der Waals surface area contributed by atoms with E-state index in [2.05, 4.69) is 34.0 Å². The first-order chi connectivity index (χ1) is 7.83. The van der Waals surface area contributed by atoms with Crippen LogP contribution in [0.1, 0.15) is 18.5 Å². The van der Waals surface area contributed by atoms with E-state index in [-0.39, 0.29) is 0 Å². The third kappa shape index (κ3) is 1.71. The fraction of sp³-hybridized carbons (Fsp3) is 0.462. The van der Waals surface area contributed by atoms with Crippen molar-refractivity contribution in [3.05, 3.63) is 30.1 Å². The number of nitrogens with zero attached hydrogens (tertiary/aromatic N) is 2. The minimum absolute atomic E-state index is 0.702. The van der Waals surface area contributed by atoms with Crippen molar-refractivity contribution in [1.82, 2.24) is 14.9 Å². The molecule has 2 aromatic heterocycles. The van der Waals surface area contributed by atoms with Gasteiger partial charge in [0.05, 0.1) is 0 Å². The molecule has 0 radical (unpaired) electrons. The Balaban J connectivity index is 1.83. The van der Waals surface area contributed by atoms with E-state index < -0.39 is 0 Å². The maximum atomic E-state index is 4.33. The third-order valence-corrected chi connectivity index (χ3v) is 3.57. The molecule has 3 nitrogen and oxygen atoms in total. The maximum absolute atomic E-state index is 4.33. The zero-order valence-corrected chi connectivity index (χ0v) is 9.61. The molecule has 1 aliphatic rings. The minimum Gasteiger partial charge on any atom is -0.343 e. The van der Waals surface area contributed by atoms with Crippen LogP contribution in [0.2, 0.25) is 0 Å². The van der Waals surface area contributed by atoms with Gasteiger partial charge in [0.15, 0.2) is 0 Å². The van der Waals surface area contributed by atoms with Crippen LogP contribution in [0.4, 0.5) is 0 Å². The second kappa shape index (κ2) is 3.91. The Morgan fingerprint density at radius 1 is 1.56 bits per heavy atom. The van der Waals surface area contributed by atoms with Gasteiger partial charge in [-0.3, -0.25) is 0 Å². The number of likely N-dealkylation sites (tertiary alicyclic amines) is 1. The van der Waals surface area contributed by atoms with Crippen LogP contribution in [-0.4, -0.2) is 34.5 Å². The summed E-state index contributed by atoms with van der Waals surface area (Å²) in [6, 6.07) is 7.03. The van der Waals surface area contributed by atoms with Crippen LogP contribution in [0.15, 0.2) is 24.4 Å². The summed E-state index contributed by atoms with van der Waals surface area (Å²) in [5, 5.41) is 1.22. The van der Waals surface area contributed by atoms with Gasteiger partial charge in [0.25, 0.3) is 0 Å². The molecule has 0 spiro atoms. The molecule has 1 N–H and O–H groups in total. The summed E-state index contributed by atoms with van der Waals surface area (Å²) in [7, 11) is 2.22. The van der Waals surface area contributed by atoms with Gasteiger partial charge in [-0.2, -0.15) is 0 Å². The van der Waals surface area contributed by atoms with Crippen molar-refractivity contribution >= 4 is 11.0 Å². The van der Waals surface area contributed by atoms with Gasteiger partial charge in [0, 0.05) is 29.7 Å². The molecule has 1 atom stereocenters. The number of hydrogen-bond acceptors (Lipinski definition) is 2. The summed E-state index contributed by atoms with van der Waals surface area (Å²) >= 11 is 0. The highest BCUT2D eigenvalue weighted by Crippen LogP contribution is 2.20. The molecule has 3 heteroatoms. The second-order valence-electron chi connectivity index (χ2n) is 4.72. The molecule has 16 heavy (non-hydrogen) atoms. The lowest BCUT2D eigenvalue weighted by Gasteiger charge is -2.18. The minimum atomic E-state index is 0.702. The SMILES string of the molecule is CN1CCCC1Cc1cc2cccnc2[nH]1. The Bertz CT molecular complexity index is 456. The molecular formula is C13H17N3. The van der Waals surface area contributed by atoms with Crippen molar-refractivity contribution in [2.24, 2.45) is 0 Å². The van der Waals surface area contributed by atoms with Crippen molar-refractivity contribution in [1.29, 1.82) is 0 Å².